The second kappa shape index (κ2) is 4.68. The molecule has 3 N–H and O–H groups in total. The smallest absolute Gasteiger partial charge is 0.322 e. The van der Waals surface area contributed by atoms with Crippen LogP contribution >= 0.6 is 24.0 Å². The number of alkyl halides is 3. The summed E-state index contributed by atoms with van der Waals surface area (Å²) in [5.41, 5.74) is 0.445. The maximum Gasteiger partial charge on any atom is 0.435 e. The molecule has 0 bridgehead atoms. The highest BCUT2D eigenvalue weighted by Gasteiger charge is 2.35. The van der Waals surface area contributed by atoms with Crippen LogP contribution in [0.15, 0.2) is 12.3 Å². The number of nitrogens with zero attached hydrogens (tertiary/aromatic N) is 1. The quantitative estimate of drug-likeness (QED) is 0.592. The van der Waals surface area contributed by atoms with E-state index >= 15 is 0 Å². The first-order valence-electron chi connectivity index (χ1n) is 3.14. The first kappa shape index (κ1) is 13.3. The molecule has 0 atom stereocenters. The van der Waals surface area contributed by atoms with Crippen LogP contribution in [0, 0.1) is 0 Å². The minimum Gasteiger partial charge on any atom is -0.322 e. The summed E-state index contributed by atoms with van der Waals surface area (Å²) in [6.07, 6.45) is -3.63. The van der Waals surface area contributed by atoms with Crippen LogP contribution in [0.1, 0.15) is 5.69 Å². The molecule has 0 aliphatic rings. The zero-order valence-electron chi connectivity index (χ0n) is 6.60. The monoisotopic (exact) mass is 247 g/mol. The van der Waals surface area contributed by atoms with Crippen molar-refractivity contribution in [2.45, 2.75) is 6.18 Å². The maximum atomic E-state index is 12.2. The second-order valence-corrected chi connectivity index (χ2v) is 2.63. The predicted octanol–water partition coefficient (Wildman–Crippen LogP) is 2.46. The number of hydrogen-bond donors (Lipinski definition) is 2. The number of hydrogen-bond acceptors (Lipinski definition) is 3. The van der Waals surface area contributed by atoms with Crippen LogP contribution in [0.5, 0.6) is 0 Å². The topological polar surface area (TPSA) is 50.9 Å². The molecule has 0 aliphatic carbocycles. The molecule has 0 radical (unpaired) electrons. The number of nitrogens with two attached hydrogens (primary N) is 1. The van der Waals surface area contributed by atoms with Gasteiger partial charge < -0.3 is 5.43 Å². The van der Waals surface area contributed by atoms with Gasteiger partial charge in [0, 0.05) is 6.20 Å². The van der Waals surface area contributed by atoms with Gasteiger partial charge in [0.1, 0.15) is 0 Å². The third-order valence-electron chi connectivity index (χ3n) is 1.28. The number of hydrazine groups is 1. The Hall–Kier alpha value is -0.720. The van der Waals surface area contributed by atoms with E-state index in [1.54, 1.807) is 0 Å². The highest BCUT2D eigenvalue weighted by atomic mass is 35.5. The first-order chi connectivity index (χ1) is 5.95. The fourth-order valence-corrected chi connectivity index (χ4v) is 0.933. The summed E-state index contributed by atoms with van der Waals surface area (Å²) >= 11 is 5.42. The molecular formula is C6H6Cl2F3N3. The maximum absolute atomic E-state index is 12.2. The van der Waals surface area contributed by atoms with Gasteiger partial charge in [-0.25, -0.2) is 4.98 Å². The summed E-state index contributed by atoms with van der Waals surface area (Å²) in [6, 6.07) is 1.05. The molecule has 8 heteroatoms. The van der Waals surface area contributed by atoms with Crippen molar-refractivity contribution in [1.82, 2.24) is 4.98 Å². The molecule has 0 spiro atoms. The highest BCUT2D eigenvalue weighted by Crippen LogP contribution is 2.33. The minimum absolute atomic E-state index is 0. The Bertz CT molecular complexity index is 316. The lowest BCUT2D eigenvalue weighted by atomic mass is 10.3. The molecule has 0 aliphatic heterocycles. The zero-order valence-corrected chi connectivity index (χ0v) is 8.17. The number of anilines is 1. The van der Waals surface area contributed by atoms with Gasteiger partial charge >= 0.3 is 6.18 Å². The molecule has 14 heavy (non-hydrogen) atoms. The first-order valence-corrected chi connectivity index (χ1v) is 3.52. The number of rotatable bonds is 1. The molecule has 0 aromatic carbocycles. The Morgan fingerprint density at radius 3 is 2.43 bits per heavy atom. The molecule has 1 heterocycles. The molecule has 1 aromatic rings. The molecule has 0 unspecified atom stereocenters. The van der Waals surface area contributed by atoms with Crippen LogP contribution in [-0.2, 0) is 6.18 Å². The van der Waals surface area contributed by atoms with Gasteiger partial charge in [-0.15, -0.1) is 12.4 Å². The Kier molecular flexibility index (Phi) is 4.44. The molecule has 1 rings (SSSR count). The lowest BCUT2D eigenvalue weighted by Gasteiger charge is -2.10. The van der Waals surface area contributed by atoms with E-state index in [4.69, 9.17) is 17.4 Å². The largest absolute Gasteiger partial charge is 0.435 e. The van der Waals surface area contributed by atoms with Crippen molar-refractivity contribution in [3.8, 4) is 0 Å². The van der Waals surface area contributed by atoms with Crippen LogP contribution in [-0.4, -0.2) is 4.98 Å². The predicted molar refractivity (Wildman–Crippen MR) is 49.3 cm³/mol. The summed E-state index contributed by atoms with van der Waals surface area (Å²) in [5, 5.41) is 0.0842. The van der Waals surface area contributed by atoms with Crippen molar-refractivity contribution in [3.63, 3.8) is 0 Å². The van der Waals surface area contributed by atoms with Crippen molar-refractivity contribution < 1.29 is 13.2 Å². The molecule has 0 saturated carbocycles. The Morgan fingerprint density at radius 1 is 1.43 bits per heavy atom. The van der Waals surface area contributed by atoms with E-state index in [2.05, 4.69) is 4.98 Å². The fourth-order valence-electron chi connectivity index (χ4n) is 0.775. The van der Waals surface area contributed by atoms with Gasteiger partial charge in [0.15, 0.2) is 5.69 Å². The van der Waals surface area contributed by atoms with Crippen molar-refractivity contribution in [2.75, 3.05) is 5.43 Å². The summed E-state index contributed by atoms with van der Waals surface area (Å²) in [6.45, 7) is 0. The van der Waals surface area contributed by atoms with Gasteiger partial charge in [-0.2, -0.15) is 13.2 Å². The molecule has 3 nitrogen and oxygen atoms in total. The van der Waals surface area contributed by atoms with Gasteiger partial charge in [0.05, 0.1) is 10.7 Å². The standard InChI is InChI=1S/C6H5ClF3N3.ClH/c7-3-1-4(13-11)5(12-2-3)6(8,9)10;/h1-2,13H,11H2;1H. The van der Waals surface area contributed by atoms with Gasteiger partial charge in [-0.05, 0) is 6.07 Å². The van der Waals surface area contributed by atoms with E-state index in [0.29, 0.717) is 0 Å². The Morgan fingerprint density at radius 2 is 2.00 bits per heavy atom. The van der Waals surface area contributed by atoms with Gasteiger partial charge in [-0.3, -0.25) is 5.84 Å². The molecule has 0 fully saturated rings. The van der Waals surface area contributed by atoms with Gasteiger partial charge in [-0.1, -0.05) is 11.6 Å². The molecule has 0 amide bonds. The highest BCUT2D eigenvalue weighted by molar-refractivity contribution is 6.30. The van der Waals surface area contributed by atoms with Gasteiger partial charge in [0.25, 0.3) is 0 Å². The van der Waals surface area contributed by atoms with Gasteiger partial charge in [0.2, 0.25) is 0 Å². The third-order valence-corrected chi connectivity index (χ3v) is 1.49. The SMILES string of the molecule is Cl.NNc1cc(Cl)cnc1C(F)(F)F. The van der Waals surface area contributed by atoms with E-state index in [1.165, 1.54) is 0 Å². The van der Waals surface area contributed by atoms with Crippen LogP contribution in [0.3, 0.4) is 0 Å². The average Bonchev–Trinajstić information content (AvgIpc) is 2.01. The second-order valence-electron chi connectivity index (χ2n) is 2.19. The van der Waals surface area contributed by atoms with Crippen LogP contribution < -0.4 is 11.3 Å². The zero-order chi connectivity index (χ0) is 10.1. The Labute approximate surface area is 88.8 Å². The van der Waals surface area contributed by atoms with Crippen molar-refractivity contribution in [2.24, 2.45) is 5.84 Å². The Balaban J connectivity index is 0.00000169. The number of halogens is 5. The molecule has 1 aromatic heterocycles. The molecule has 80 valence electrons. The van der Waals surface area contributed by atoms with E-state index in [9.17, 15) is 13.2 Å². The number of aromatic nitrogens is 1. The molecular weight excluding hydrogens is 242 g/mol. The lowest BCUT2D eigenvalue weighted by Crippen LogP contribution is -2.16. The van der Waals surface area contributed by atoms with Crippen molar-refractivity contribution in [1.29, 1.82) is 0 Å². The summed E-state index contributed by atoms with van der Waals surface area (Å²) in [4.78, 5) is 3.12. The number of nitrogens with one attached hydrogen (secondary N) is 1. The summed E-state index contributed by atoms with van der Waals surface area (Å²) in [5.74, 6) is 4.87. The molecule has 0 saturated heterocycles. The van der Waals surface area contributed by atoms with Crippen molar-refractivity contribution in [3.05, 3.63) is 23.0 Å². The lowest BCUT2D eigenvalue weighted by molar-refractivity contribution is -0.140. The van der Waals surface area contributed by atoms with E-state index in [-0.39, 0.29) is 23.1 Å². The third kappa shape index (κ3) is 2.90. The van der Waals surface area contributed by atoms with Crippen molar-refractivity contribution >= 4 is 29.7 Å². The van der Waals surface area contributed by atoms with Crippen LogP contribution in [0.4, 0.5) is 18.9 Å². The normalized spacial score (nSPS) is 10.6. The van der Waals surface area contributed by atoms with E-state index in [0.717, 1.165) is 12.3 Å². The van der Waals surface area contributed by atoms with Crippen LogP contribution in [0.2, 0.25) is 5.02 Å². The minimum atomic E-state index is -4.54. The summed E-state index contributed by atoms with van der Waals surface area (Å²) < 4.78 is 36.5. The number of nitrogen functional groups attached to an aromatic ring is 1. The van der Waals surface area contributed by atoms with E-state index in [1.807, 2.05) is 5.43 Å². The summed E-state index contributed by atoms with van der Waals surface area (Å²) in [7, 11) is 0. The average molecular weight is 248 g/mol. The number of pyridine rings is 1. The fraction of sp³-hybridized carbons (Fsp3) is 0.167. The van der Waals surface area contributed by atoms with E-state index < -0.39 is 11.9 Å². The van der Waals surface area contributed by atoms with Crippen LogP contribution in [0.25, 0.3) is 0 Å².